The minimum Gasteiger partial charge on any atom is -0.504 e. The molecular formula is C25H30N2O6. The molecule has 8 heteroatoms. The van der Waals surface area contributed by atoms with Gasteiger partial charge >= 0.3 is 0 Å². The van der Waals surface area contributed by atoms with Gasteiger partial charge in [0.2, 0.25) is 11.8 Å². The molecule has 6 rings (SSSR count). The van der Waals surface area contributed by atoms with E-state index in [1.54, 1.807) is 6.07 Å². The Kier molecular flexibility index (Phi) is 4.65. The lowest BCUT2D eigenvalue weighted by Crippen LogP contribution is -2.77. The van der Waals surface area contributed by atoms with Crippen LogP contribution in [0.5, 0.6) is 11.5 Å². The van der Waals surface area contributed by atoms with Crippen LogP contribution in [-0.2, 0) is 31.0 Å². The average Bonchev–Trinajstić information content (AvgIpc) is 3.50. The van der Waals surface area contributed by atoms with E-state index in [2.05, 4.69) is 10.2 Å². The van der Waals surface area contributed by atoms with E-state index in [1.165, 1.54) is 19.8 Å². The number of Topliss-reactive ketones (excluding diaryl/α,β-unsaturated/α-hetero) is 1. The highest BCUT2D eigenvalue weighted by Crippen LogP contribution is 2.66. The summed E-state index contributed by atoms with van der Waals surface area (Å²) in [4.78, 5) is 39.1. The van der Waals surface area contributed by atoms with Crippen molar-refractivity contribution in [1.29, 1.82) is 0 Å². The average molecular weight is 455 g/mol. The van der Waals surface area contributed by atoms with Crippen molar-refractivity contribution in [2.75, 3.05) is 19.7 Å². The number of nitrogens with zero attached hydrogens (tertiary/aromatic N) is 1. The lowest BCUT2D eigenvalue weighted by atomic mass is 9.48. The first-order valence-electron chi connectivity index (χ1n) is 12.1. The predicted octanol–water partition coefficient (Wildman–Crippen LogP) is 1.60. The van der Waals surface area contributed by atoms with E-state index in [1.807, 2.05) is 6.07 Å². The van der Waals surface area contributed by atoms with Crippen LogP contribution in [-0.4, -0.2) is 65.0 Å². The zero-order chi connectivity index (χ0) is 23.0. The number of ketones is 1. The summed E-state index contributed by atoms with van der Waals surface area (Å²) in [6.07, 6.45) is 4.32. The Morgan fingerprint density at radius 1 is 1.30 bits per heavy atom. The summed E-state index contributed by atoms with van der Waals surface area (Å²) in [6, 6.07) is 3.72. The molecule has 1 saturated heterocycles. The number of benzene rings is 1. The van der Waals surface area contributed by atoms with Crippen LogP contribution in [0.2, 0.25) is 0 Å². The highest BCUT2D eigenvalue weighted by atomic mass is 16.5. The number of rotatable bonds is 6. The number of hydrogen-bond donors (Lipinski definition) is 2. The number of carbonyl (C=O) groups is 3. The van der Waals surface area contributed by atoms with Gasteiger partial charge in [0.05, 0.1) is 24.0 Å². The molecule has 2 saturated carbocycles. The molecule has 2 heterocycles. The molecule has 1 spiro atoms. The van der Waals surface area contributed by atoms with Crippen molar-refractivity contribution in [1.82, 2.24) is 10.2 Å². The molecule has 2 amide bonds. The van der Waals surface area contributed by atoms with Crippen LogP contribution in [0.25, 0.3) is 0 Å². The largest absolute Gasteiger partial charge is 0.504 e. The maximum absolute atomic E-state index is 13.2. The molecule has 1 aromatic carbocycles. The second kappa shape index (κ2) is 7.27. The van der Waals surface area contributed by atoms with Gasteiger partial charge in [-0.3, -0.25) is 24.6 Å². The molecule has 5 aliphatic rings. The molecule has 2 N–H and O–H groups in total. The number of carbonyl (C=O) groups excluding carboxylic acids is 3. The summed E-state index contributed by atoms with van der Waals surface area (Å²) in [5, 5.41) is 12.9. The number of amides is 2. The molecule has 33 heavy (non-hydrogen) atoms. The number of aromatic hydroxyl groups is 1. The first-order valence-corrected chi connectivity index (χ1v) is 12.1. The van der Waals surface area contributed by atoms with Gasteiger partial charge < -0.3 is 14.6 Å². The Bertz CT molecular complexity index is 1050. The summed E-state index contributed by atoms with van der Waals surface area (Å²) >= 11 is 0. The monoisotopic (exact) mass is 454 g/mol. The standard InChI is InChI=1S/C25H30N2O6/c1-14(28)26-20(31)7-11-32-25-8-6-18(30)23-24(25)9-10-27(13-15-2-3-15)19(25)12-16-4-5-17(29)22(33-23)21(16)24/h4-5,15,19,23,29H,2-3,6-13H2,1H3,(H,26,28,31)/t19-,23+,24?,25-/m1/s1. The molecule has 1 aromatic rings. The van der Waals surface area contributed by atoms with E-state index in [9.17, 15) is 19.5 Å². The third kappa shape index (κ3) is 2.93. The molecular weight excluding hydrogens is 424 g/mol. The highest BCUT2D eigenvalue weighted by Gasteiger charge is 2.74. The van der Waals surface area contributed by atoms with Crippen molar-refractivity contribution in [3.05, 3.63) is 23.3 Å². The van der Waals surface area contributed by atoms with Crippen LogP contribution in [0.1, 0.15) is 56.6 Å². The second-order valence-corrected chi connectivity index (χ2v) is 10.4. The number of phenolic OH excluding ortho intramolecular Hbond substituents is 1. The third-order valence-corrected chi connectivity index (χ3v) is 8.52. The van der Waals surface area contributed by atoms with Crippen LogP contribution in [0.4, 0.5) is 0 Å². The van der Waals surface area contributed by atoms with Crippen molar-refractivity contribution in [3.63, 3.8) is 0 Å². The highest BCUT2D eigenvalue weighted by molar-refractivity contribution is 5.94. The van der Waals surface area contributed by atoms with Gasteiger partial charge in [0.25, 0.3) is 0 Å². The topological polar surface area (TPSA) is 105 Å². The summed E-state index contributed by atoms with van der Waals surface area (Å²) < 4.78 is 13.0. The van der Waals surface area contributed by atoms with Gasteiger partial charge in [-0.2, -0.15) is 0 Å². The van der Waals surface area contributed by atoms with Gasteiger partial charge in [-0.05, 0) is 56.2 Å². The zero-order valence-corrected chi connectivity index (χ0v) is 18.9. The first-order chi connectivity index (χ1) is 15.9. The lowest BCUT2D eigenvalue weighted by Gasteiger charge is -2.64. The Morgan fingerprint density at radius 2 is 2.12 bits per heavy atom. The molecule has 0 aromatic heterocycles. The van der Waals surface area contributed by atoms with Crippen LogP contribution >= 0.6 is 0 Å². The zero-order valence-electron chi connectivity index (χ0n) is 18.9. The molecule has 3 aliphatic carbocycles. The Balaban J connectivity index is 1.43. The first kappa shape index (κ1) is 21.1. The number of likely N-dealkylation sites (tertiary alicyclic amines) is 1. The number of phenols is 1. The normalized spacial score (nSPS) is 33.9. The van der Waals surface area contributed by atoms with Gasteiger partial charge in [-0.15, -0.1) is 0 Å². The van der Waals surface area contributed by atoms with Crippen molar-refractivity contribution >= 4 is 17.6 Å². The number of nitrogens with one attached hydrogen (secondary N) is 1. The summed E-state index contributed by atoms with van der Waals surface area (Å²) in [5.74, 6) is 0.528. The summed E-state index contributed by atoms with van der Waals surface area (Å²) in [5.41, 5.74) is 0.725. The smallest absolute Gasteiger partial charge is 0.228 e. The van der Waals surface area contributed by atoms with Crippen LogP contribution < -0.4 is 10.1 Å². The van der Waals surface area contributed by atoms with E-state index in [-0.39, 0.29) is 42.4 Å². The minimum atomic E-state index is -0.679. The predicted molar refractivity (Wildman–Crippen MR) is 117 cm³/mol. The van der Waals surface area contributed by atoms with Crippen LogP contribution in [0.3, 0.4) is 0 Å². The van der Waals surface area contributed by atoms with Gasteiger partial charge in [0, 0.05) is 31.5 Å². The fraction of sp³-hybridized carbons (Fsp3) is 0.640. The molecule has 2 bridgehead atoms. The fourth-order valence-electron chi connectivity index (χ4n) is 7.11. The number of imide groups is 1. The molecule has 8 nitrogen and oxygen atoms in total. The van der Waals surface area contributed by atoms with Gasteiger partial charge in [0.1, 0.15) is 0 Å². The molecule has 176 valence electrons. The van der Waals surface area contributed by atoms with E-state index in [4.69, 9.17) is 9.47 Å². The van der Waals surface area contributed by atoms with Crippen LogP contribution in [0.15, 0.2) is 12.1 Å². The molecule has 2 aliphatic heterocycles. The fourth-order valence-corrected chi connectivity index (χ4v) is 7.11. The van der Waals surface area contributed by atoms with E-state index < -0.39 is 17.1 Å². The summed E-state index contributed by atoms with van der Waals surface area (Å²) in [7, 11) is 0. The number of ether oxygens (including phenoxy) is 2. The SMILES string of the molecule is CC(=O)NC(=O)CCO[C@@]12CCC(=O)[C@@H]3Oc4c(O)ccc5c4C31CCN(CC1CC1)[C@@H]2C5. The van der Waals surface area contributed by atoms with Crippen molar-refractivity contribution in [2.45, 2.75) is 75.0 Å². The van der Waals surface area contributed by atoms with Gasteiger partial charge in [-0.1, -0.05) is 6.07 Å². The molecule has 4 atom stereocenters. The number of piperidine rings is 1. The Morgan fingerprint density at radius 3 is 2.88 bits per heavy atom. The minimum absolute atomic E-state index is 0.0568. The van der Waals surface area contributed by atoms with Crippen LogP contribution in [0, 0.1) is 5.92 Å². The van der Waals surface area contributed by atoms with Crippen molar-refractivity contribution < 1.29 is 29.0 Å². The lowest BCUT2D eigenvalue weighted by molar-refractivity contribution is -0.213. The molecule has 3 fully saturated rings. The molecule has 1 unspecified atom stereocenters. The quantitative estimate of drug-likeness (QED) is 0.673. The van der Waals surface area contributed by atoms with Crippen molar-refractivity contribution in [3.8, 4) is 11.5 Å². The van der Waals surface area contributed by atoms with E-state index in [0.717, 1.165) is 43.0 Å². The molecule has 0 radical (unpaired) electrons. The Labute approximate surface area is 192 Å². The van der Waals surface area contributed by atoms with E-state index in [0.29, 0.717) is 18.6 Å². The van der Waals surface area contributed by atoms with Gasteiger partial charge in [-0.25, -0.2) is 0 Å². The van der Waals surface area contributed by atoms with Gasteiger partial charge in [0.15, 0.2) is 23.4 Å². The van der Waals surface area contributed by atoms with Crippen molar-refractivity contribution in [2.24, 2.45) is 5.92 Å². The Hall–Kier alpha value is -2.45. The maximum atomic E-state index is 13.2. The maximum Gasteiger partial charge on any atom is 0.228 e. The van der Waals surface area contributed by atoms with E-state index >= 15 is 0 Å². The summed E-state index contributed by atoms with van der Waals surface area (Å²) in [6.45, 7) is 3.37. The second-order valence-electron chi connectivity index (χ2n) is 10.4. The number of hydrogen-bond acceptors (Lipinski definition) is 7. The third-order valence-electron chi connectivity index (χ3n) is 8.52.